The van der Waals surface area contributed by atoms with Gasteiger partial charge >= 0.3 is 0 Å². The van der Waals surface area contributed by atoms with E-state index in [4.69, 9.17) is 0 Å². The number of amides is 1. The van der Waals surface area contributed by atoms with Gasteiger partial charge in [0.2, 0.25) is 0 Å². The highest BCUT2D eigenvalue weighted by Crippen LogP contribution is 2.20. The lowest BCUT2D eigenvalue weighted by Gasteiger charge is -2.06. The van der Waals surface area contributed by atoms with Gasteiger partial charge in [-0.15, -0.1) is 0 Å². The minimum absolute atomic E-state index is 0.0306. The molecule has 0 aliphatic heterocycles. The summed E-state index contributed by atoms with van der Waals surface area (Å²) in [5.74, 6) is -2.09. The molecule has 0 saturated carbocycles. The van der Waals surface area contributed by atoms with Crippen LogP contribution in [0.3, 0.4) is 0 Å². The van der Waals surface area contributed by atoms with Crippen LogP contribution in [0.1, 0.15) is 10.4 Å². The summed E-state index contributed by atoms with van der Waals surface area (Å²) in [4.78, 5) is 20.7. The number of hydrogen-bond acceptors (Lipinski definition) is 6. The monoisotopic (exact) mass is 328 g/mol. The molecule has 1 N–H and O–H groups in total. The highest BCUT2D eigenvalue weighted by atomic mass is 32.2. The number of sulfonamides is 1. The molecule has 1 heterocycles. The summed E-state index contributed by atoms with van der Waals surface area (Å²) in [5, 5.41) is 14.3. The standard InChI is InChI=1S/C11H9FN4O5S/c1-15-6-7(5-13-15)11(17)14-22(20,21)10-3-8(12)2-9(4-10)16(18)19/h2-6H,1H3,(H,14,17). The Kier molecular flexibility index (Phi) is 3.91. The molecular weight excluding hydrogens is 319 g/mol. The van der Waals surface area contributed by atoms with Crippen LogP contribution in [-0.2, 0) is 17.1 Å². The molecule has 116 valence electrons. The van der Waals surface area contributed by atoms with E-state index in [-0.39, 0.29) is 5.56 Å². The van der Waals surface area contributed by atoms with Gasteiger partial charge in [-0.05, 0) is 6.07 Å². The number of rotatable bonds is 4. The normalized spacial score (nSPS) is 11.2. The van der Waals surface area contributed by atoms with Crippen LogP contribution in [0.25, 0.3) is 0 Å². The molecule has 0 aliphatic rings. The Labute approximate surface area is 123 Å². The Bertz CT molecular complexity index is 861. The van der Waals surface area contributed by atoms with Gasteiger partial charge in [0.25, 0.3) is 21.6 Å². The van der Waals surface area contributed by atoms with Crippen molar-refractivity contribution in [2.45, 2.75) is 4.90 Å². The maximum Gasteiger partial charge on any atom is 0.273 e. The Morgan fingerprint density at radius 1 is 1.41 bits per heavy atom. The van der Waals surface area contributed by atoms with Crippen molar-refractivity contribution < 1.29 is 22.5 Å². The van der Waals surface area contributed by atoms with Crippen molar-refractivity contribution in [3.8, 4) is 0 Å². The molecular formula is C11H9FN4O5S. The molecule has 2 rings (SSSR count). The molecule has 0 unspecified atom stereocenters. The first-order valence-corrected chi connectivity index (χ1v) is 7.18. The maximum absolute atomic E-state index is 13.3. The fourth-order valence-corrected chi connectivity index (χ4v) is 2.61. The van der Waals surface area contributed by atoms with Gasteiger partial charge in [0.1, 0.15) is 5.82 Å². The Hall–Kier alpha value is -2.82. The number of hydrogen-bond donors (Lipinski definition) is 1. The minimum Gasteiger partial charge on any atom is -0.275 e. The van der Waals surface area contributed by atoms with Crippen LogP contribution in [0.2, 0.25) is 0 Å². The predicted molar refractivity (Wildman–Crippen MR) is 70.9 cm³/mol. The van der Waals surface area contributed by atoms with Crippen molar-refractivity contribution in [1.82, 2.24) is 14.5 Å². The first-order valence-electron chi connectivity index (χ1n) is 5.70. The number of aromatic nitrogens is 2. The lowest BCUT2D eigenvalue weighted by Crippen LogP contribution is -2.30. The van der Waals surface area contributed by atoms with Gasteiger partial charge in [-0.1, -0.05) is 0 Å². The molecule has 1 amide bonds. The van der Waals surface area contributed by atoms with Crippen molar-refractivity contribution in [2.75, 3.05) is 0 Å². The minimum atomic E-state index is -4.46. The first kappa shape index (κ1) is 15.6. The van der Waals surface area contributed by atoms with Gasteiger partial charge in [0.15, 0.2) is 0 Å². The fourth-order valence-electron chi connectivity index (χ4n) is 1.59. The summed E-state index contributed by atoms with van der Waals surface area (Å²) in [6.07, 6.45) is 2.41. The molecule has 1 aromatic heterocycles. The lowest BCUT2D eigenvalue weighted by molar-refractivity contribution is -0.385. The summed E-state index contributed by atoms with van der Waals surface area (Å²) in [6.45, 7) is 0. The molecule has 9 nitrogen and oxygen atoms in total. The zero-order chi connectivity index (χ0) is 16.5. The molecule has 2 aromatic rings. The van der Waals surface area contributed by atoms with Crippen LogP contribution in [0.5, 0.6) is 0 Å². The van der Waals surface area contributed by atoms with Gasteiger partial charge in [0, 0.05) is 19.3 Å². The average Bonchev–Trinajstić information content (AvgIpc) is 2.84. The molecule has 0 atom stereocenters. The number of carbonyl (C=O) groups is 1. The van der Waals surface area contributed by atoms with Crippen LogP contribution in [0.4, 0.5) is 10.1 Å². The number of non-ortho nitro benzene ring substituents is 1. The number of nitrogens with one attached hydrogen (secondary N) is 1. The van der Waals surface area contributed by atoms with E-state index in [1.807, 2.05) is 0 Å². The van der Waals surface area contributed by atoms with Gasteiger partial charge in [-0.3, -0.25) is 19.6 Å². The van der Waals surface area contributed by atoms with Crippen LogP contribution in [-0.4, -0.2) is 29.0 Å². The van der Waals surface area contributed by atoms with E-state index in [2.05, 4.69) is 5.10 Å². The average molecular weight is 328 g/mol. The third-order valence-electron chi connectivity index (χ3n) is 2.57. The van der Waals surface area contributed by atoms with Crippen molar-refractivity contribution >= 4 is 21.6 Å². The molecule has 0 aliphatic carbocycles. The maximum atomic E-state index is 13.3. The van der Waals surface area contributed by atoms with Crippen LogP contribution in [0, 0.1) is 15.9 Å². The number of nitro groups is 1. The summed E-state index contributed by atoms with van der Waals surface area (Å²) in [5.41, 5.74) is -0.772. The van der Waals surface area contributed by atoms with E-state index in [0.717, 1.165) is 6.20 Å². The number of halogens is 1. The topological polar surface area (TPSA) is 124 Å². The second-order valence-corrected chi connectivity index (χ2v) is 5.92. The van der Waals surface area contributed by atoms with Crippen LogP contribution in [0.15, 0.2) is 35.5 Å². The summed E-state index contributed by atoms with van der Waals surface area (Å²) in [6, 6.07) is 1.80. The lowest BCUT2D eigenvalue weighted by atomic mass is 10.3. The molecule has 22 heavy (non-hydrogen) atoms. The number of nitro benzene ring substituents is 1. The molecule has 0 bridgehead atoms. The number of benzene rings is 1. The highest BCUT2D eigenvalue weighted by molar-refractivity contribution is 7.90. The predicted octanol–water partition coefficient (Wildman–Crippen LogP) is 0.586. The molecule has 1 aromatic carbocycles. The molecule has 0 radical (unpaired) electrons. The zero-order valence-corrected chi connectivity index (χ0v) is 11.9. The second-order valence-electron chi connectivity index (χ2n) is 4.24. The van der Waals surface area contributed by atoms with E-state index in [9.17, 15) is 27.7 Å². The Morgan fingerprint density at radius 3 is 2.64 bits per heavy atom. The van der Waals surface area contributed by atoms with Crippen LogP contribution >= 0.6 is 0 Å². The van der Waals surface area contributed by atoms with Gasteiger partial charge < -0.3 is 0 Å². The third kappa shape index (κ3) is 3.25. The molecule has 0 spiro atoms. The van der Waals surface area contributed by atoms with E-state index in [0.29, 0.717) is 18.2 Å². The Morgan fingerprint density at radius 2 is 2.09 bits per heavy atom. The van der Waals surface area contributed by atoms with Crippen molar-refractivity contribution in [2.24, 2.45) is 7.05 Å². The smallest absolute Gasteiger partial charge is 0.273 e. The van der Waals surface area contributed by atoms with Gasteiger partial charge in [0.05, 0.1) is 27.6 Å². The van der Waals surface area contributed by atoms with E-state index in [1.165, 1.54) is 17.9 Å². The summed E-state index contributed by atoms with van der Waals surface area (Å²) in [7, 11) is -2.93. The molecule has 0 fully saturated rings. The fraction of sp³-hybridized carbons (Fsp3) is 0.0909. The van der Waals surface area contributed by atoms with Crippen molar-refractivity contribution in [3.05, 3.63) is 52.1 Å². The highest BCUT2D eigenvalue weighted by Gasteiger charge is 2.23. The quantitative estimate of drug-likeness (QED) is 0.647. The number of carbonyl (C=O) groups excluding carboxylic acids is 1. The van der Waals surface area contributed by atoms with Gasteiger partial charge in [-0.2, -0.15) is 5.10 Å². The van der Waals surface area contributed by atoms with Crippen molar-refractivity contribution in [3.63, 3.8) is 0 Å². The third-order valence-corrected chi connectivity index (χ3v) is 3.88. The first-order chi connectivity index (χ1) is 10.2. The summed E-state index contributed by atoms with van der Waals surface area (Å²) < 4.78 is 40.3. The number of nitrogens with zero attached hydrogens (tertiary/aromatic N) is 3. The van der Waals surface area contributed by atoms with Crippen LogP contribution < -0.4 is 4.72 Å². The van der Waals surface area contributed by atoms with E-state index < -0.39 is 37.3 Å². The summed E-state index contributed by atoms with van der Waals surface area (Å²) >= 11 is 0. The molecule has 11 heteroatoms. The molecule has 0 saturated heterocycles. The number of aryl methyl sites for hydroxylation is 1. The van der Waals surface area contributed by atoms with E-state index in [1.54, 1.807) is 4.72 Å². The Balaban J connectivity index is 2.34. The van der Waals surface area contributed by atoms with E-state index >= 15 is 0 Å². The second kappa shape index (κ2) is 5.52. The largest absolute Gasteiger partial charge is 0.275 e. The van der Waals surface area contributed by atoms with Crippen molar-refractivity contribution in [1.29, 1.82) is 0 Å². The zero-order valence-electron chi connectivity index (χ0n) is 11.1. The van der Waals surface area contributed by atoms with Gasteiger partial charge in [-0.25, -0.2) is 17.5 Å². The SMILES string of the molecule is Cn1cc(C(=O)NS(=O)(=O)c2cc(F)cc([N+](=O)[O-])c2)cn1.